The fraction of sp³-hybridized carbons (Fsp3) is 0.350. The summed E-state index contributed by atoms with van der Waals surface area (Å²) in [6, 6.07) is 74.5. The number of nitrogens with one attached hydrogen (secondary N) is 9. The van der Waals surface area contributed by atoms with Crippen LogP contribution in [0.2, 0.25) is 0 Å². The summed E-state index contributed by atoms with van der Waals surface area (Å²) < 4.78 is 103. The van der Waals surface area contributed by atoms with Crippen molar-refractivity contribution in [1.82, 2.24) is 62.3 Å². The number of carbonyl (C=O) groups excluding carboxylic acids is 2. The molecular weight excluding hydrogens is 1880 g/mol. The Hall–Kier alpha value is -13.1. The predicted molar refractivity (Wildman–Crippen MR) is 588 cm³/mol. The lowest BCUT2D eigenvalue weighted by Gasteiger charge is -2.14. The van der Waals surface area contributed by atoms with E-state index in [1.807, 2.05) is 161 Å². The van der Waals surface area contributed by atoms with Crippen LogP contribution >= 0.6 is 0 Å². The highest BCUT2D eigenvalue weighted by atomic mass is 32.2. The van der Waals surface area contributed by atoms with E-state index in [1.165, 1.54) is 63.0 Å². The van der Waals surface area contributed by atoms with Gasteiger partial charge in [0.15, 0.2) is 0 Å². The van der Waals surface area contributed by atoms with Crippen LogP contribution in [0.1, 0.15) is 191 Å². The molecule has 3 heterocycles. The number of hydrogen-bond donors (Lipinski definition) is 12. The topological polar surface area (TPSA) is 314 Å². The highest BCUT2D eigenvalue weighted by Gasteiger charge is 2.16. The highest BCUT2D eigenvalue weighted by Crippen LogP contribution is 2.24. The molecule has 147 heavy (non-hydrogen) atoms. The number of urea groups is 1. The molecule has 0 spiro atoms. The van der Waals surface area contributed by atoms with E-state index >= 15 is 0 Å². The lowest BCUT2D eigenvalue weighted by molar-refractivity contribution is 0.1000. The molecule has 780 valence electrons. The second kappa shape index (κ2) is 60.3. The first kappa shape index (κ1) is 116. The normalized spacial score (nSPS) is 12.5. The van der Waals surface area contributed by atoms with Crippen molar-refractivity contribution in [2.45, 2.75) is 240 Å². The first-order valence-electron chi connectivity index (χ1n) is 51.1. The van der Waals surface area contributed by atoms with Crippen LogP contribution in [-0.2, 0) is 87.1 Å². The third kappa shape index (κ3) is 42.0. The number of amides is 3. The number of hydrogen-bond acceptors (Lipinski definition) is 14. The maximum absolute atomic E-state index is 13.3. The van der Waals surface area contributed by atoms with Crippen LogP contribution in [0.5, 0.6) is 0 Å². The lowest BCUT2D eigenvalue weighted by Crippen LogP contribution is -2.29. The van der Waals surface area contributed by atoms with E-state index in [4.69, 9.17) is 16.6 Å². The van der Waals surface area contributed by atoms with Gasteiger partial charge in [0, 0.05) is 70.7 Å². The standard InChI is InChI=1S/C21H24FN3.C20H26FN3O.2C20H24FN3.C20H25FN2O.C19H25FN2O2S/c1-15-12-18(5-7-19(15)22)13-16(2)23-9-3-4-17-6-8-20-21(14-17)25-11-10-24-20;1-14-11-17(8-9-19(14)21)12-15(2)23-10-4-6-16-5-3-7-18(13-16)24-20(22)25;1-14-10-17(5-7-19(14)21)11-15(2)22-9-3-4-16-6-8-20-18(12-16)13-23-24-20;1-14-10-17(6-8-19(14)21)11-15(2)22-9-3-4-16-5-7-18-13-23-24-20(18)12-16;1-14-11-17(8-9-19(14)21)12-15(2)23-10-4-6-16-5-3-7-18(13-16)20(22)24;1-14-11-17(8-9-19(14)20)12-15(2)22-10-4-6-16-5-3-7-18(13-16)25(21,23)24/h5-8,10-12,14,16,23H,3-4,9,13H2,1-2H3;3,5,7-9,11,13,15,23H,4,6,10,12H2,1-2H3,(H3,22,24,25);2*5-8,10,12-13,15,22H,3-4,9,11H2,1-2H3,(H,23,24);3,5,7-9,11,13,15,23H,4,6,10,12H2,1-2H3,(H2,22,24);3,5,7-9,11,13,15,22H,4,6,10,12H2,1-2H3,(H2,21,23,24). The number of sulfonamides is 1. The van der Waals surface area contributed by atoms with Crippen LogP contribution in [0, 0.1) is 76.4 Å². The average Bonchev–Trinajstić information content (AvgIpc) is 1.54. The van der Waals surface area contributed by atoms with E-state index in [2.05, 4.69) is 158 Å². The van der Waals surface area contributed by atoms with Crippen molar-refractivity contribution >= 4 is 60.5 Å². The van der Waals surface area contributed by atoms with Crippen LogP contribution in [-0.4, -0.2) is 126 Å². The third-order valence-electron chi connectivity index (χ3n) is 25.6. The third-order valence-corrected chi connectivity index (χ3v) is 26.5. The SMILES string of the molecule is Cc1cc(CC(C)NCCCc2ccc3[nH]ncc3c2)ccc1F.Cc1cc(CC(C)NCCCc2ccc3cn[nH]c3c2)ccc1F.Cc1cc(CC(C)NCCCc2ccc3nccnc3c2)ccc1F.Cc1cc(CC(C)NCCCc2cccc(C(N)=O)c2)ccc1F.Cc1cc(CC(C)NCCCc2cccc(NC(N)=O)c2)ccc1F.Cc1cc(CC(C)NCCCc2cccc(S(N)(=O)=O)c2)ccc1F. The first-order chi connectivity index (χ1) is 70.5. The minimum atomic E-state index is -3.65. The Morgan fingerprint density at radius 1 is 0.320 bits per heavy atom. The Kier molecular flexibility index (Phi) is 47.5. The Morgan fingerprint density at radius 2 is 0.626 bits per heavy atom. The van der Waals surface area contributed by atoms with E-state index in [0.717, 1.165) is 221 Å². The second-order valence-electron chi connectivity index (χ2n) is 38.9. The van der Waals surface area contributed by atoms with Gasteiger partial charge in [0.1, 0.15) is 34.9 Å². The number of halogens is 6. The Balaban J connectivity index is 0.000000181. The molecule has 20 nitrogen and oxygen atoms in total. The molecule has 15 N–H and O–H groups in total. The van der Waals surface area contributed by atoms with Crippen molar-refractivity contribution in [1.29, 1.82) is 0 Å². The monoisotopic (exact) mass is 2020 g/mol. The predicted octanol–water partition coefficient (Wildman–Crippen LogP) is 22.7. The summed E-state index contributed by atoms with van der Waals surface area (Å²) in [4.78, 5) is 30.9. The Labute approximate surface area is 864 Å². The number of aryl methyl sites for hydroxylation is 12. The van der Waals surface area contributed by atoms with Crippen LogP contribution in [0.15, 0.2) is 266 Å². The average molecular weight is 2020 g/mol. The molecule has 0 bridgehead atoms. The number of primary amides is 2. The molecule has 0 saturated heterocycles. The van der Waals surface area contributed by atoms with E-state index in [0.29, 0.717) is 69.2 Å². The molecule has 6 atom stereocenters. The summed E-state index contributed by atoms with van der Waals surface area (Å²) in [5, 5.41) is 45.2. The molecule has 15 aromatic rings. The Morgan fingerprint density at radius 3 is 0.993 bits per heavy atom. The molecule has 0 aliphatic carbocycles. The van der Waals surface area contributed by atoms with E-state index in [-0.39, 0.29) is 45.8 Å². The molecule has 0 saturated carbocycles. The van der Waals surface area contributed by atoms with Crippen LogP contribution in [0.4, 0.5) is 36.8 Å². The molecule has 15 rings (SSSR count). The number of H-pyrrole nitrogens is 2. The van der Waals surface area contributed by atoms with Gasteiger partial charge in [-0.25, -0.2) is 44.7 Å². The van der Waals surface area contributed by atoms with Gasteiger partial charge in [0.05, 0.1) is 39.4 Å². The summed E-state index contributed by atoms with van der Waals surface area (Å²) in [6.45, 7) is 29.2. The van der Waals surface area contributed by atoms with Gasteiger partial charge < -0.3 is 48.7 Å². The zero-order valence-corrected chi connectivity index (χ0v) is 87.9. The number of aromatic nitrogens is 6. The van der Waals surface area contributed by atoms with E-state index in [9.17, 15) is 44.3 Å². The summed E-state index contributed by atoms with van der Waals surface area (Å²) in [5.41, 5.74) is 34.1. The summed E-state index contributed by atoms with van der Waals surface area (Å²) in [5.74, 6) is -1.27. The number of carbonyl (C=O) groups is 2. The highest BCUT2D eigenvalue weighted by molar-refractivity contribution is 7.89. The van der Waals surface area contributed by atoms with Crippen molar-refractivity contribution in [3.8, 4) is 0 Å². The summed E-state index contributed by atoms with van der Waals surface area (Å²) in [6.07, 6.45) is 24.3. The van der Waals surface area contributed by atoms with Crippen LogP contribution in [0.25, 0.3) is 32.8 Å². The van der Waals surface area contributed by atoms with Crippen molar-refractivity contribution in [3.63, 3.8) is 0 Å². The van der Waals surface area contributed by atoms with Gasteiger partial charge in [-0.1, -0.05) is 133 Å². The first-order valence-corrected chi connectivity index (χ1v) is 52.6. The second-order valence-corrected chi connectivity index (χ2v) is 40.4. The zero-order valence-electron chi connectivity index (χ0n) is 87.1. The van der Waals surface area contributed by atoms with Crippen LogP contribution < -0.4 is 53.8 Å². The number of benzene rings is 12. The number of aromatic amines is 2. The number of primary sulfonamides is 1. The van der Waals surface area contributed by atoms with Gasteiger partial charge in [0.2, 0.25) is 15.9 Å². The molecule has 3 amide bonds. The van der Waals surface area contributed by atoms with E-state index < -0.39 is 22.0 Å². The fourth-order valence-electron chi connectivity index (χ4n) is 17.6. The van der Waals surface area contributed by atoms with Crippen molar-refractivity contribution in [2.24, 2.45) is 16.6 Å². The van der Waals surface area contributed by atoms with Crippen molar-refractivity contribution in [2.75, 3.05) is 44.6 Å². The quantitative estimate of drug-likeness (QED) is 0.0125. The molecule has 12 aromatic carbocycles. The van der Waals surface area contributed by atoms with Crippen molar-refractivity contribution in [3.05, 3.63) is 402 Å². The smallest absolute Gasteiger partial charge is 0.316 e. The fourth-order valence-corrected chi connectivity index (χ4v) is 18.1. The molecule has 3 aromatic heterocycles. The lowest BCUT2D eigenvalue weighted by atomic mass is 10.0. The van der Waals surface area contributed by atoms with Crippen LogP contribution in [0.3, 0.4) is 0 Å². The number of nitrogens with zero attached hydrogens (tertiary/aromatic N) is 4. The summed E-state index contributed by atoms with van der Waals surface area (Å²) in [7, 11) is -3.65. The van der Waals surface area contributed by atoms with Gasteiger partial charge in [-0.15, -0.1) is 0 Å². The number of rotatable bonds is 45. The Bertz CT molecular complexity index is 6640. The zero-order chi connectivity index (χ0) is 106. The summed E-state index contributed by atoms with van der Waals surface area (Å²) >= 11 is 0. The van der Waals surface area contributed by atoms with Crippen molar-refractivity contribution < 1.29 is 44.3 Å². The molecule has 27 heteroatoms. The molecule has 0 aliphatic heterocycles. The van der Waals surface area contributed by atoms with Gasteiger partial charge >= 0.3 is 6.03 Å². The minimum absolute atomic E-state index is 0.131. The maximum atomic E-state index is 13.3. The largest absolute Gasteiger partial charge is 0.366 e. The molecule has 6 unspecified atom stereocenters. The van der Waals surface area contributed by atoms with Gasteiger partial charge in [-0.2, -0.15) is 10.2 Å². The molecular formula is C120H148F6N16O4S. The number of fused-ring (bicyclic) bond motifs is 3. The number of nitrogens with two attached hydrogens (primary N) is 3. The molecule has 0 aliphatic rings. The van der Waals surface area contributed by atoms with E-state index in [1.54, 1.807) is 69.6 Å². The van der Waals surface area contributed by atoms with Gasteiger partial charge in [-0.05, 0) is 441 Å². The maximum Gasteiger partial charge on any atom is 0.316 e. The van der Waals surface area contributed by atoms with Gasteiger partial charge in [0.25, 0.3) is 0 Å². The molecule has 0 fully saturated rings. The molecule has 0 radical (unpaired) electrons. The number of anilines is 1. The minimum Gasteiger partial charge on any atom is -0.366 e. The van der Waals surface area contributed by atoms with Gasteiger partial charge in [-0.3, -0.25) is 25.0 Å².